The smallest absolute Gasteiger partial charge is 0.224 e. The van der Waals surface area contributed by atoms with Crippen LogP contribution in [0.15, 0.2) is 24.3 Å². The van der Waals surface area contributed by atoms with E-state index < -0.39 is 0 Å². The van der Waals surface area contributed by atoms with Crippen molar-refractivity contribution < 1.29 is 4.79 Å². The molecule has 1 aliphatic rings. The molecule has 2 heteroatoms. The first kappa shape index (κ1) is 7.35. The van der Waals surface area contributed by atoms with Crippen LogP contribution in [0, 0.1) is 6.42 Å². The van der Waals surface area contributed by atoms with E-state index in [1.54, 1.807) is 0 Å². The summed E-state index contributed by atoms with van der Waals surface area (Å²) < 4.78 is 0. The Hall–Kier alpha value is -1.31. The van der Waals surface area contributed by atoms with E-state index >= 15 is 0 Å². The minimum absolute atomic E-state index is 0.108. The maximum Gasteiger partial charge on any atom is 0.224 e. The molecule has 1 amide bonds. The minimum Gasteiger partial charge on any atom is -0.326 e. The predicted molar refractivity (Wildman–Crippen MR) is 47.7 cm³/mol. The number of hydrogen-bond acceptors (Lipinski definition) is 1. The summed E-state index contributed by atoms with van der Waals surface area (Å²) >= 11 is 0. The quantitative estimate of drug-likeness (QED) is 0.617. The van der Waals surface area contributed by atoms with E-state index in [4.69, 9.17) is 0 Å². The van der Waals surface area contributed by atoms with Gasteiger partial charge in [-0.3, -0.25) is 4.79 Å². The highest BCUT2D eigenvalue weighted by Gasteiger charge is 2.10. The van der Waals surface area contributed by atoms with Crippen molar-refractivity contribution in [1.82, 2.24) is 0 Å². The molecule has 2 rings (SSSR count). The molecule has 0 saturated heterocycles. The summed E-state index contributed by atoms with van der Waals surface area (Å²) in [5.74, 6) is 0.108. The average molecular weight is 160 g/mol. The summed E-state index contributed by atoms with van der Waals surface area (Å²) in [6.45, 7) is 0. The Morgan fingerprint density at radius 1 is 1.25 bits per heavy atom. The number of fused-ring (bicyclic) bond motifs is 1. The van der Waals surface area contributed by atoms with Gasteiger partial charge in [0.05, 0.1) is 0 Å². The second kappa shape index (κ2) is 2.97. The van der Waals surface area contributed by atoms with Crippen molar-refractivity contribution in [2.75, 3.05) is 5.32 Å². The van der Waals surface area contributed by atoms with Crippen molar-refractivity contribution in [2.24, 2.45) is 0 Å². The van der Waals surface area contributed by atoms with Gasteiger partial charge in [-0.15, -0.1) is 0 Å². The number of nitrogens with one attached hydrogen (secondary N) is 1. The van der Waals surface area contributed by atoms with Crippen molar-refractivity contribution >= 4 is 11.6 Å². The number of carbonyl (C=O) groups excluding carboxylic acids is 1. The summed E-state index contributed by atoms with van der Waals surface area (Å²) in [6.07, 6.45) is 3.52. The molecule has 61 valence electrons. The largest absolute Gasteiger partial charge is 0.326 e. The van der Waals surface area contributed by atoms with E-state index in [0.717, 1.165) is 17.7 Å². The van der Waals surface area contributed by atoms with Crippen LogP contribution < -0.4 is 5.32 Å². The molecule has 0 unspecified atom stereocenters. The average Bonchev–Trinajstić information content (AvgIpc) is 2.25. The molecule has 0 spiro atoms. The molecule has 0 fully saturated rings. The summed E-state index contributed by atoms with van der Waals surface area (Å²) in [7, 11) is 0. The van der Waals surface area contributed by atoms with Crippen LogP contribution in [0.3, 0.4) is 0 Å². The SMILES string of the molecule is O=C1CC[CH]c2ccccc2N1. The Morgan fingerprint density at radius 3 is 3.00 bits per heavy atom. The predicted octanol–water partition coefficient (Wildman–Crippen LogP) is 1.97. The van der Waals surface area contributed by atoms with Crippen molar-refractivity contribution in [1.29, 1.82) is 0 Å². The third kappa shape index (κ3) is 1.33. The number of para-hydroxylation sites is 1. The van der Waals surface area contributed by atoms with Crippen LogP contribution in [0.25, 0.3) is 0 Å². The molecule has 2 nitrogen and oxygen atoms in total. The van der Waals surface area contributed by atoms with Crippen LogP contribution in [0.1, 0.15) is 18.4 Å². The topological polar surface area (TPSA) is 29.1 Å². The highest BCUT2D eigenvalue weighted by Crippen LogP contribution is 2.22. The normalized spacial score (nSPS) is 16.2. The summed E-state index contributed by atoms with van der Waals surface area (Å²) in [4.78, 5) is 11.1. The molecule has 1 heterocycles. The molecule has 0 aliphatic carbocycles. The fourth-order valence-corrected chi connectivity index (χ4v) is 1.36. The first-order chi connectivity index (χ1) is 5.86. The Bertz CT molecular complexity index is 306. The fourth-order valence-electron chi connectivity index (χ4n) is 1.36. The van der Waals surface area contributed by atoms with Crippen molar-refractivity contribution in [3.8, 4) is 0 Å². The van der Waals surface area contributed by atoms with Gasteiger partial charge in [0.15, 0.2) is 0 Å². The first-order valence-electron chi connectivity index (χ1n) is 4.08. The molecule has 0 saturated carbocycles. The fraction of sp³-hybridized carbons (Fsp3) is 0.200. The molecule has 1 aliphatic heterocycles. The van der Waals surface area contributed by atoms with E-state index in [2.05, 4.69) is 11.7 Å². The van der Waals surface area contributed by atoms with Crippen molar-refractivity contribution in [2.45, 2.75) is 12.8 Å². The number of amides is 1. The maximum absolute atomic E-state index is 11.1. The van der Waals surface area contributed by atoms with Crippen LogP contribution in [0.4, 0.5) is 5.69 Å². The van der Waals surface area contributed by atoms with Gasteiger partial charge in [0.1, 0.15) is 0 Å². The Morgan fingerprint density at radius 2 is 2.08 bits per heavy atom. The summed E-state index contributed by atoms with van der Waals surface area (Å²) in [6, 6.07) is 7.85. The first-order valence-corrected chi connectivity index (χ1v) is 4.08. The minimum atomic E-state index is 0.108. The molecular weight excluding hydrogens is 150 g/mol. The van der Waals surface area contributed by atoms with Crippen LogP contribution in [0.5, 0.6) is 0 Å². The van der Waals surface area contributed by atoms with Gasteiger partial charge in [0.2, 0.25) is 5.91 Å². The lowest BCUT2D eigenvalue weighted by Crippen LogP contribution is -2.08. The van der Waals surface area contributed by atoms with E-state index in [0.29, 0.717) is 6.42 Å². The van der Waals surface area contributed by atoms with Gasteiger partial charge >= 0.3 is 0 Å². The molecule has 0 aromatic heterocycles. The Labute approximate surface area is 71.6 Å². The van der Waals surface area contributed by atoms with Gasteiger partial charge in [-0.2, -0.15) is 0 Å². The zero-order valence-corrected chi connectivity index (χ0v) is 6.71. The lowest BCUT2D eigenvalue weighted by Gasteiger charge is -2.03. The molecule has 12 heavy (non-hydrogen) atoms. The zero-order chi connectivity index (χ0) is 8.39. The van der Waals surface area contributed by atoms with Crippen molar-refractivity contribution in [3.05, 3.63) is 36.2 Å². The number of anilines is 1. The van der Waals surface area contributed by atoms with E-state index in [9.17, 15) is 4.79 Å². The number of carbonyl (C=O) groups is 1. The van der Waals surface area contributed by atoms with Crippen molar-refractivity contribution in [3.63, 3.8) is 0 Å². The number of benzene rings is 1. The Kier molecular flexibility index (Phi) is 1.82. The monoisotopic (exact) mass is 160 g/mol. The number of rotatable bonds is 0. The van der Waals surface area contributed by atoms with Gasteiger partial charge < -0.3 is 5.32 Å². The van der Waals surface area contributed by atoms with Gasteiger partial charge in [-0.25, -0.2) is 0 Å². The molecule has 0 bridgehead atoms. The second-order valence-corrected chi connectivity index (χ2v) is 2.88. The van der Waals surface area contributed by atoms with E-state index in [1.165, 1.54) is 0 Å². The molecule has 1 radical (unpaired) electrons. The van der Waals surface area contributed by atoms with Gasteiger partial charge in [0, 0.05) is 12.1 Å². The number of hydrogen-bond donors (Lipinski definition) is 1. The summed E-state index contributed by atoms with van der Waals surface area (Å²) in [5, 5.41) is 2.85. The van der Waals surface area contributed by atoms with Gasteiger partial charge in [-0.05, 0) is 24.5 Å². The van der Waals surface area contributed by atoms with Crippen LogP contribution in [-0.4, -0.2) is 5.91 Å². The van der Waals surface area contributed by atoms with Crippen LogP contribution in [-0.2, 0) is 4.79 Å². The molecular formula is C10H10NO. The second-order valence-electron chi connectivity index (χ2n) is 2.88. The molecule has 1 aromatic rings. The molecule has 0 atom stereocenters. The molecule has 1 aromatic carbocycles. The highest BCUT2D eigenvalue weighted by molar-refractivity contribution is 5.92. The lowest BCUT2D eigenvalue weighted by atomic mass is 10.1. The van der Waals surface area contributed by atoms with E-state index in [1.807, 2.05) is 24.3 Å². The van der Waals surface area contributed by atoms with Crippen LogP contribution >= 0.6 is 0 Å². The zero-order valence-electron chi connectivity index (χ0n) is 6.71. The maximum atomic E-state index is 11.1. The third-order valence-electron chi connectivity index (χ3n) is 1.97. The Balaban J connectivity index is 2.37. The molecule has 1 N–H and O–H groups in total. The highest BCUT2D eigenvalue weighted by atomic mass is 16.1. The van der Waals surface area contributed by atoms with E-state index in [-0.39, 0.29) is 5.91 Å². The lowest BCUT2D eigenvalue weighted by molar-refractivity contribution is -0.116. The standard InChI is InChI=1S/C10H10NO/c12-10-7-3-5-8-4-1-2-6-9(8)11-10/h1-2,4-6H,3,7H2,(H,11,12). The van der Waals surface area contributed by atoms with Gasteiger partial charge in [0.25, 0.3) is 0 Å². The third-order valence-corrected chi connectivity index (χ3v) is 1.97. The van der Waals surface area contributed by atoms with Crippen LogP contribution in [0.2, 0.25) is 0 Å². The summed E-state index contributed by atoms with van der Waals surface area (Å²) in [5.41, 5.74) is 2.06. The van der Waals surface area contributed by atoms with Gasteiger partial charge in [-0.1, -0.05) is 18.2 Å².